The number of nitrogens with one attached hydrogen (secondary N) is 3. The van der Waals surface area contributed by atoms with E-state index in [-0.39, 0.29) is 30.0 Å². The lowest BCUT2D eigenvalue weighted by molar-refractivity contribution is -0.136. The van der Waals surface area contributed by atoms with Gasteiger partial charge in [-0.2, -0.15) is 0 Å². The third-order valence-corrected chi connectivity index (χ3v) is 6.32. The maximum absolute atomic E-state index is 13.1. The quantitative estimate of drug-likeness (QED) is 0.291. The molecule has 0 saturated carbocycles. The first-order valence-corrected chi connectivity index (χ1v) is 12.2. The van der Waals surface area contributed by atoms with Crippen molar-refractivity contribution in [1.82, 2.24) is 20.4 Å². The number of imide groups is 2. The van der Waals surface area contributed by atoms with Gasteiger partial charge in [-0.15, -0.1) is 0 Å². The summed E-state index contributed by atoms with van der Waals surface area (Å²) in [6, 6.07) is 3.86. The van der Waals surface area contributed by atoms with Gasteiger partial charge in [0.2, 0.25) is 11.8 Å². The van der Waals surface area contributed by atoms with E-state index in [1.165, 1.54) is 0 Å². The minimum Gasteiger partial charge on any atom is -0.382 e. The molecular formula is C24H31N5O7. The van der Waals surface area contributed by atoms with Crippen molar-refractivity contribution >= 4 is 35.3 Å². The predicted octanol–water partition coefficient (Wildman–Crippen LogP) is 0.338. The molecule has 0 aliphatic carbocycles. The van der Waals surface area contributed by atoms with Crippen LogP contribution in [0, 0.1) is 0 Å². The van der Waals surface area contributed by atoms with Crippen LogP contribution >= 0.6 is 0 Å². The van der Waals surface area contributed by atoms with Gasteiger partial charge in [-0.1, -0.05) is 6.07 Å². The molecule has 1 aromatic rings. The highest BCUT2D eigenvalue weighted by Crippen LogP contribution is 2.32. The molecule has 4 rings (SSSR count). The molecule has 194 valence electrons. The molecule has 1 atom stereocenters. The van der Waals surface area contributed by atoms with E-state index in [0.29, 0.717) is 45.2 Å². The van der Waals surface area contributed by atoms with Gasteiger partial charge in [0.1, 0.15) is 6.04 Å². The third-order valence-electron chi connectivity index (χ3n) is 6.32. The summed E-state index contributed by atoms with van der Waals surface area (Å²) in [5, 5.41) is 8.13. The summed E-state index contributed by atoms with van der Waals surface area (Å²) in [5.74, 6) is -2.15. The average molecular weight is 502 g/mol. The Kier molecular flexibility index (Phi) is 8.49. The summed E-state index contributed by atoms with van der Waals surface area (Å²) in [6.07, 6.45) is 2.29. The van der Waals surface area contributed by atoms with E-state index < -0.39 is 29.7 Å². The van der Waals surface area contributed by atoms with Crippen molar-refractivity contribution in [3.05, 3.63) is 29.3 Å². The summed E-state index contributed by atoms with van der Waals surface area (Å²) in [7, 11) is 0. The lowest BCUT2D eigenvalue weighted by atomic mass is 10.0. The van der Waals surface area contributed by atoms with Gasteiger partial charge in [0.15, 0.2) is 0 Å². The van der Waals surface area contributed by atoms with Crippen LogP contribution in [0.1, 0.15) is 46.4 Å². The Morgan fingerprint density at radius 1 is 0.972 bits per heavy atom. The molecule has 12 nitrogen and oxygen atoms in total. The molecule has 1 unspecified atom stereocenters. The Bertz CT molecular complexity index is 1020. The van der Waals surface area contributed by atoms with E-state index in [0.717, 1.165) is 30.8 Å². The predicted molar refractivity (Wildman–Crippen MR) is 127 cm³/mol. The highest BCUT2D eigenvalue weighted by atomic mass is 16.5. The van der Waals surface area contributed by atoms with Gasteiger partial charge >= 0.3 is 6.03 Å². The first-order chi connectivity index (χ1) is 17.5. The number of likely N-dealkylation sites (tertiary alicyclic amines) is 1. The van der Waals surface area contributed by atoms with Crippen LogP contribution in [0.25, 0.3) is 0 Å². The molecule has 3 N–H and O–H groups in total. The lowest BCUT2D eigenvalue weighted by Crippen LogP contribution is -2.54. The van der Waals surface area contributed by atoms with E-state index in [1.807, 2.05) is 0 Å². The molecule has 6 amide bonds. The van der Waals surface area contributed by atoms with Crippen molar-refractivity contribution in [3.8, 4) is 0 Å². The fourth-order valence-corrected chi connectivity index (χ4v) is 4.50. The van der Waals surface area contributed by atoms with E-state index in [2.05, 4.69) is 16.0 Å². The molecule has 0 aromatic heterocycles. The molecule has 3 aliphatic heterocycles. The number of benzene rings is 1. The van der Waals surface area contributed by atoms with Crippen LogP contribution in [0.4, 0.5) is 10.5 Å². The number of carbonyl (C=O) groups excluding carboxylic acids is 5. The minimum absolute atomic E-state index is 0.0498. The molecule has 0 bridgehead atoms. The number of amides is 6. The second-order valence-corrected chi connectivity index (χ2v) is 8.75. The maximum atomic E-state index is 13.1. The summed E-state index contributed by atoms with van der Waals surface area (Å²) in [4.78, 5) is 64.2. The Morgan fingerprint density at radius 2 is 1.69 bits per heavy atom. The van der Waals surface area contributed by atoms with Gasteiger partial charge in [0.25, 0.3) is 11.8 Å². The third kappa shape index (κ3) is 5.82. The number of urea groups is 1. The molecule has 2 fully saturated rings. The van der Waals surface area contributed by atoms with Crippen molar-refractivity contribution in [1.29, 1.82) is 0 Å². The van der Waals surface area contributed by atoms with E-state index >= 15 is 0 Å². The van der Waals surface area contributed by atoms with Crippen LogP contribution < -0.4 is 16.0 Å². The zero-order valence-corrected chi connectivity index (χ0v) is 20.0. The van der Waals surface area contributed by atoms with Crippen molar-refractivity contribution < 1.29 is 33.4 Å². The fraction of sp³-hybridized carbons (Fsp3) is 0.542. The number of nitrogens with zero attached hydrogens (tertiary/aromatic N) is 2. The molecule has 0 spiro atoms. The van der Waals surface area contributed by atoms with E-state index in [1.54, 1.807) is 23.1 Å². The Labute approximate surface area is 208 Å². The number of hydrogen-bond donors (Lipinski definition) is 3. The molecule has 12 heteroatoms. The normalized spacial score (nSPS) is 19.5. The number of hydrogen-bond acceptors (Lipinski definition) is 8. The number of piperidine rings is 1. The summed E-state index contributed by atoms with van der Waals surface area (Å²) in [6.45, 7) is 3.95. The van der Waals surface area contributed by atoms with Gasteiger partial charge in [0, 0.05) is 38.3 Å². The SMILES string of the molecule is O=C1CCC(N2C(=O)c3cccc(NCCOCCOCCNC(=O)N4CCCC4)c3C2=O)C(=O)N1. The second-order valence-electron chi connectivity index (χ2n) is 8.75. The van der Waals surface area contributed by atoms with Crippen molar-refractivity contribution in [2.75, 3.05) is 57.9 Å². The lowest BCUT2D eigenvalue weighted by Gasteiger charge is -2.27. The standard InChI is InChI=1S/C24H31N5O7/c30-19-7-6-18(21(31)27-19)29-22(32)16-4-3-5-17(20(16)23(29)33)25-8-12-35-14-15-36-13-9-26-24(34)28-10-1-2-11-28/h3-5,18,25H,1-2,6-15H2,(H,26,34)(H,27,30,31). The van der Waals surface area contributed by atoms with Gasteiger partial charge < -0.3 is 25.0 Å². The van der Waals surface area contributed by atoms with Crippen LogP contribution in [0.3, 0.4) is 0 Å². The van der Waals surface area contributed by atoms with Gasteiger partial charge in [-0.05, 0) is 31.4 Å². The first-order valence-electron chi connectivity index (χ1n) is 12.2. The molecule has 3 heterocycles. The fourth-order valence-electron chi connectivity index (χ4n) is 4.50. The number of ether oxygens (including phenoxy) is 2. The smallest absolute Gasteiger partial charge is 0.317 e. The summed E-state index contributed by atoms with van der Waals surface area (Å²) >= 11 is 0. The van der Waals surface area contributed by atoms with Gasteiger partial charge in [0.05, 0.1) is 37.6 Å². The highest BCUT2D eigenvalue weighted by molar-refractivity contribution is 6.25. The largest absolute Gasteiger partial charge is 0.382 e. The van der Waals surface area contributed by atoms with E-state index in [9.17, 15) is 24.0 Å². The van der Waals surface area contributed by atoms with Crippen LogP contribution in [-0.2, 0) is 19.1 Å². The molecule has 2 saturated heterocycles. The average Bonchev–Trinajstić information content (AvgIpc) is 3.49. The van der Waals surface area contributed by atoms with Crippen molar-refractivity contribution in [2.45, 2.75) is 31.7 Å². The number of anilines is 1. The summed E-state index contributed by atoms with van der Waals surface area (Å²) < 4.78 is 11.0. The molecule has 0 radical (unpaired) electrons. The molecular weight excluding hydrogens is 470 g/mol. The first kappa shape index (κ1) is 25.6. The van der Waals surface area contributed by atoms with Crippen LogP contribution in [0.15, 0.2) is 18.2 Å². The van der Waals surface area contributed by atoms with Crippen LogP contribution in [0.5, 0.6) is 0 Å². The van der Waals surface area contributed by atoms with Crippen molar-refractivity contribution in [3.63, 3.8) is 0 Å². The Morgan fingerprint density at radius 3 is 2.42 bits per heavy atom. The number of carbonyl (C=O) groups is 5. The van der Waals surface area contributed by atoms with Gasteiger partial charge in [-0.3, -0.25) is 29.4 Å². The monoisotopic (exact) mass is 501 g/mol. The minimum atomic E-state index is -1.00. The Hall–Kier alpha value is -3.51. The number of fused-ring (bicyclic) bond motifs is 1. The summed E-state index contributed by atoms with van der Waals surface area (Å²) in [5.41, 5.74) is 0.918. The molecule has 1 aromatic carbocycles. The van der Waals surface area contributed by atoms with Crippen LogP contribution in [-0.4, -0.2) is 98.1 Å². The van der Waals surface area contributed by atoms with Crippen molar-refractivity contribution in [2.24, 2.45) is 0 Å². The maximum Gasteiger partial charge on any atom is 0.317 e. The zero-order valence-electron chi connectivity index (χ0n) is 20.0. The van der Waals surface area contributed by atoms with E-state index in [4.69, 9.17) is 9.47 Å². The second kappa shape index (κ2) is 12.0. The zero-order chi connectivity index (χ0) is 25.5. The topological polar surface area (TPSA) is 146 Å². The van der Waals surface area contributed by atoms with Crippen LogP contribution in [0.2, 0.25) is 0 Å². The highest BCUT2D eigenvalue weighted by Gasteiger charge is 2.45. The number of rotatable bonds is 11. The van der Waals surface area contributed by atoms with Gasteiger partial charge in [-0.25, -0.2) is 4.79 Å². The molecule has 3 aliphatic rings. The Balaban J connectivity index is 1.15. The molecule has 36 heavy (non-hydrogen) atoms.